The molecule has 0 bridgehead atoms. The first-order chi connectivity index (χ1) is 14.1. The molecule has 2 aliphatic rings. The Hall–Kier alpha value is -2.34. The van der Waals surface area contributed by atoms with Gasteiger partial charge in [-0.25, -0.2) is 4.68 Å². The molecule has 1 N–H and O–H groups in total. The molecular weight excluding hydrogens is 386 g/mol. The molecule has 0 saturated heterocycles. The lowest BCUT2D eigenvalue weighted by atomic mass is 9.88. The molecule has 1 aliphatic heterocycles. The van der Waals surface area contributed by atoms with E-state index in [2.05, 4.69) is 11.0 Å². The van der Waals surface area contributed by atoms with Crippen LogP contribution in [0, 0.1) is 6.92 Å². The SMILES string of the molecule is COc1cccc2c1CN([C@H]1CCc3nn(-c4ccccc4Cl)c(C)c3[C@@H]1O)C2. The van der Waals surface area contributed by atoms with Crippen LogP contribution in [0.1, 0.15) is 40.6 Å². The largest absolute Gasteiger partial charge is 0.496 e. The molecule has 0 saturated carbocycles. The average molecular weight is 410 g/mol. The highest BCUT2D eigenvalue weighted by molar-refractivity contribution is 6.32. The Morgan fingerprint density at radius 1 is 1.14 bits per heavy atom. The van der Waals surface area contributed by atoms with Crippen molar-refractivity contribution in [1.82, 2.24) is 14.7 Å². The molecule has 3 aromatic rings. The molecule has 2 aromatic carbocycles. The van der Waals surface area contributed by atoms with Gasteiger partial charge >= 0.3 is 0 Å². The molecule has 5 rings (SSSR count). The zero-order valence-corrected chi connectivity index (χ0v) is 17.4. The molecule has 150 valence electrons. The van der Waals surface area contributed by atoms with Crippen LogP contribution in [0.3, 0.4) is 0 Å². The molecule has 0 radical (unpaired) electrons. The maximum Gasteiger partial charge on any atom is 0.123 e. The van der Waals surface area contributed by atoms with Crippen molar-refractivity contribution in [2.24, 2.45) is 0 Å². The minimum absolute atomic E-state index is 0.0576. The van der Waals surface area contributed by atoms with Crippen LogP contribution in [0.4, 0.5) is 0 Å². The molecule has 29 heavy (non-hydrogen) atoms. The summed E-state index contributed by atoms with van der Waals surface area (Å²) in [5.41, 5.74) is 6.24. The Labute approximate surface area is 175 Å². The van der Waals surface area contributed by atoms with Crippen LogP contribution < -0.4 is 4.74 Å². The molecule has 0 fully saturated rings. The number of aliphatic hydroxyl groups excluding tert-OH is 1. The topological polar surface area (TPSA) is 50.5 Å². The van der Waals surface area contributed by atoms with Gasteiger partial charge in [0.25, 0.3) is 0 Å². The smallest absolute Gasteiger partial charge is 0.123 e. The number of methoxy groups -OCH3 is 1. The number of halogens is 1. The predicted molar refractivity (Wildman–Crippen MR) is 113 cm³/mol. The van der Waals surface area contributed by atoms with Crippen molar-refractivity contribution in [2.75, 3.05) is 7.11 Å². The standard InChI is InChI=1S/C23H24ClN3O2/c1-14-22-18(25-27(14)19-8-4-3-7-17(19)24)10-11-20(23(22)28)26-12-15-6-5-9-21(29-2)16(15)13-26/h3-9,20,23,28H,10-13H2,1-2H3/t20-,23+/m0/s1. The number of aromatic nitrogens is 2. The van der Waals surface area contributed by atoms with E-state index in [1.807, 2.05) is 48.0 Å². The highest BCUT2D eigenvalue weighted by atomic mass is 35.5. The number of nitrogens with zero attached hydrogens (tertiary/aromatic N) is 3. The van der Waals surface area contributed by atoms with Crippen LogP contribution in [0.5, 0.6) is 5.75 Å². The Kier molecular flexibility index (Phi) is 4.62. The minimum atomic E-state index is -0.574. The van der Waals surface area contributed by atoms with Crippen LogP contribution >= 0.6 is 11.6 Å². The summed E-state index contributed by atoms with van der Waals surface area (Å²) in [7, 11) is 1.71. The molecule has 2 heterocycles. The Morgan fingerprint density at radius 3 is 2.76 bits per heavy atom. The fourth-order valence-corrected chi connectivity index (χ4v) is 5.08. The van der Waals surface area contributed by atoms with E-state index in [-0.39, 0.29) is 6.04 Å². The van der Waals surface area contributed by atoms with Gasteiger partial charge < -0.3 is 9.84 Å². The highest BCUT2D eigenvalue weighted by Gasteiger charge is 2.38. The maximum atomic E-state index is 11.3. The molecule has 0 unspecified atom stereocenters. The number of ether oxygens (including phenoxy) is 1. The lowest BCUT2D eigenvalue weighted by Gasteiger charge is -2.35. The van der Waals surface area contributed by atoms with Crippen LogP contribution in [-0.2, 0) is 19.5 Å². The molecule has 5 nitrogen and oxygen atoms in total. The van der Waals surface area contributed by atoms with Crippen LogP contribution in [0.2, 0.25) is 5.02 Å². The first-order valence-electron chi connectivity index (χ1n) is 9.98. The number of aliphatic hydroxyl groups is 1. The predicted octanol–water partition coefficient (Wildman–Crippen LogP) is 4.21. The summed E-state index contributed by atoms with van der Waals surface area (Å²) in [6, 6.07) is 13.9. The van der Waals surface area contributed by atoms with Crippen molar-refractivity contribution in [1.29, 1.82) is 0 Å². The summed E-state index contributed by atoms with van der Waals surface area (Å²) in [6.45, 7) is 3.65. The second-order valence-electron chi connectivity index (χ2n) is 7.86. The fraction of sp³-hybridized carbons (Fsp3) is 0.348. The Balaban J connectivity index is 1.46. The van der Waals surface area contributed by atoms with E-state index in [1.165, 1.54) is 11.1 Å². The number of benzene rings is 2. The zero-order chi connectivity index (χ0) is 20.1. The molecule has 1 aromatic heterocycles. The van der Waals surface area contributed by atoms with Gasteiger partial charge in [0.1, 0.15) is 5.75 Å². The Bertz CT molecular complexity index is 1080. The average Bonchev–Trinajstić information content (AvgIpc) is 3.30. The van der Waals surface area contributed by atoms with Crippen LogP contribution in [0.25, 0.3) is 5.69 Å². The van der Waals surface area contributed by atoms with Crippen molar-refractivity contribution >= 4 is 11.6 Å². The van der Waals surface area contributed by atoms with Gasteiger partial charge in [0.05, 0.1) is 29.6 Å². The zero-order valence-electron chi connectivity index (χ0n) is 16.6. The lowest BCUT2D eigenvalue weighted by Crippen LogP contribution is -2.39. The number of hydrogen-bond donors (Lipinski definition) is 1. The third-order valence-electron chi connectivity index (χ3n) is 6.31. The van der Waals surface area contributed by atoms with E-state index >= 15 is 0 Å². The number of fused-ring (bicyclic) bond motifs is 2. The highest BCUT2D eigenvalue weighted by Crippen LogP contribution is 2.40. The van der Waals surface area contributed by atoms with E-state index in [9.17, 15) is 5.11 Å². The maximum absolute atomic E-state index is 11.3. The van der Waals surface area contributed by atoms with Gasteiger partial charge in [0.15, 0.2) is 0 Å². The normalized spacial score (nSPS) is 21.1. The van der Waals surface area contributed by atoms with Crippen molar-refractivity contribution in [3.8, 4) is 11.4 Å². The van der Waals surface area contributed by atoms with Gasteiger partial charge in [0.2, 0.25) is 0 Å². The number of aryl methyl sites for hydroxylation is 1. The van der Waals surface area contributed by atoms with E-state index in [0.717, 1.165) is 54.3 Å². The van der Waals surface area contributed by atoms with Gasteiger partial charge in [-0.3, -0.25) is 4.90 Å². The molecule has 0 amide bonds. The van der Waals surface area contributed by atoms with Crippen molar-refractivity contribution < 1.29 is 9.84 Å². The monoisotopic (exact) mass is 409 g/mol. The lowest BCUT2D eigenvalue weighted by molar-refractivity contribution is 0.0330. The molecule has 0 spiro atoms. The van der Waals surface area contributed by atoms with E-state index in [4.69, 9.17) is 21.4 Å². The third kappa shape index (κ3) is 2.96. The molecular formula is C23H24ClN3O2. The number of rotatable bonds is 3. The molecule has 2 atom stereocenters. The van der Waals surface area contributed by atoms with Gasteiger partial charge in [-0.05, 0) is 43.5 Å². The molecule has 1 aliphatic carbocycles. The fourth-order valence-electron chi connectivity index (χ4n) is 4.86. The number of para-hydroxylation sites is 1. The molecule has 6 heteroatoms. The van der Waals surface area contributed by atoms with Gasteiger partial charge in [-0.1, -0.05) is 35.9 Å². The van der Waals surface area contributed by atoms with Crippen molar-refractivity contribution in [2.45, 2.75) is 45.0 Å². The second kappa shape index (κ2) is 7.17. The summed E-state index contributed by atoms with van der Waals surface area (Å²) in [4.78, 5) is 2.37. The van der Waals surface area contributed by atoms with Crippen molar-refractivity contribution in [3.05, 3.63) is 75.6 Å². The van der Waals surface area contributed by atoms with Crippen molar-refractivity contribution in [3.63, 3.8) is 0 Å². The summed E-state index contributed by atoms with van der Waals surface area (Å²) in [5, 5.41) is 16.8. The summed E-state index contributed by atoms with van der Waals surface area (Å²) >= 11 is 6.40. The summed E-state index contributed by atoms with van der Waals surface area (Å²) < 4.78 is 7.42. The number of hydrogen-bond acceptors (Lipinski definition) is 4. The van der Waals surface area contributed by atoms with Gasteiger partial charge in [-0.2, -0.15) is 5.10 Å². The summed E-state index contributed by atoms with van der Waals surface area (Å²) in [6.07, 6.45) is 1.15. The van der Waals surface area contributed by atoms with E-state index < -0.39 is 6.10 Å². The minimum Gasteiger partial charge on any atom is -0.496 e. The van der Waals surface area contributed by atoms with Gasteiger partial charge in [0, 0.05) is 36.0 Å². The van der Waals surface area contributed by atoms with E-state index in [0.29, 0.717) is 5.02 Å². The van der Waals surface area contributed by atoms with Gasteiger partial charge in [-0.15, -0.1) is 0 Å². The quantitative estimate of drug-likeness (QED) is 0.704. The first-order valence-corrected chi connectivity index (χ1v) is 10.4. The second-order valence-corrected chi connectivity index (χ2v) is 8.27. The van der Waals surface area contributed by atoms with E-state index in [1.54, 1.807) is 7.11 Å². The van der Waals surface area contributed by atoms with Crippen LogP contribution in [0.15, 0.2) is 42.5 Å². The Morgan fingerprint density at radius 2 is 1.97 bits per heavy atom. The van der Waals surface area contributed by atoms with Crippen LogP contribution in [-0.4, -0.2) is 32.9 Å². The summed E-state index contributed by atoms with van der Waals surface area (Å²) in [5.74, 6) is 0.929. The first kappa shape index (κ1) is 18.7. The third-order valence-corrected chi connectivity index (χ3v) is 6.63.